The van der Waals surface area contributed by atoms with E-state index in [1.165, 1.54) is 30.3 Å². The first kappa shape index (κ1) is 25.1. The van der Waals surface area contributed by atoms with Crippen LogP contribution in [0.2, 0.25) is 10.0 Å². The fourth-order valence-electron chi connectivity index (χ4n) is 5.18. The van der Waals surface area contributed by atoms with Gasteiger partial charge in [-0.3, -0.25) is 19.2 Å². The van der Waals surface area contributed by atoms with Crippen molar-refractivity contribution >= 4 is 52.3 Å². The molecule has 1 fully saturated rings. The number of carboxylic acid groups (broad SMARTS) is 1. The lowest BCUT2D eigenvalue weighted by Gasteiger charge is -2.25. The molecule has 0 radical (unpaired) electrons. The Kier molecular flexibility index (Phi) is 6.40. The van der Waals surface area contributed by atoms with Crippen LogP contribution in [0.1, 0.15) is 44.9 Å². The summed E-state index contributed by atoms with van der Waals surface area (Å²) in [5, 5.41) is 13.5. The molecule has 1 aliphatic carbocycles. The fraction of sp³-hybridized carbons (Fsp3) is 0.214. The molecule has 1 saturated heterocycles. The Labute approximate surface area is 222 Å². The van der Waals surface area contributed by atoms with Crippen LogP contribution in [0.4, 0.5) is 5.69 Å². The predicted molar refractivity (Wildman–Crippen MR) is 137 cm³/mol. The number of anilines is 1. The van der Waals surface area contributed by atoms with Crippen molar-refractivity contribution in [2.45, 2.75) is 25.0 Å². The number of Topliss-reactive ketones (excluding diaryl/α,β-unsaturated/α-hetero) is 2. The molecule has 1 aliphatic heterocycles. The van der Waals surface area contributed by atoms with Gasteiger partial charge < -0.3 is 15.2 Å². The van der Waals surface area contributed by atoms with E-state index in [-0.39, 0.29) is 21.2 Å². The van der Waals surface area contributed by atoms with Gasteiger partial charge >= 0.3 is 5.97 Å². The zero-order valence-electron chi connectivity index (χ0n) is 19.5. The van der Waals surface area contributed by atoms with E-state index in [0.29, 0.717) is 11.3 Å². The quantitative estimate of drug-likeness (QED) is 0.421. The topological polar surface area (TPSA) is 110 Å². The number of halogens is 2. The number of carbonyl (C=O) groups is 4. The average molecular weight is 538 g/mol. The average Bonchev–Trinajstić information content (AvgIpc) is 3.36. The molecular weight excluding hydrogens is 517 g/mol. The van der Waals surface area contributed by atoms with Gasteiger partial charge in [0, 0.05) is 16.8 Å². The van der Waals surface area contributed by atoms with E-state index in [0.717, 1.165) is 12.0 Å². The molecule has 3 atom stereocenters. The molecule has 1 heterocycles. The van der Waals surface area contributed by atoms with Crippen LogP contribution in [0.25, 0.3) is 0 Å². The van der Waals surface area contributed by atoms with E-state index in [4.69, 9.17) is 27.9 Å². The summed E-state index contributed by atoms with van der Waals surface area (Å²) in [6, 6.07) is 17.6. The molecule has 1 spiro atoms. The van der Waals surface area contributed by atoms with Crippen molar-refractivity contribution in [1.82, 2.24) is 0 Å². The van der Waals surface area contributed by atoms with Gasteiger partial charge in [-0.15, -0.1) is 0 Å². The number of rotatable bonds is 5. The van der Waals surface area contributed by atoms with Crippen LogP contribution in [0.5, 0.6) is 0 Å². The number of carboxylic acids is 1. The minimum Gasteiger partial charge on any atom is -0.481 e. The van der Waals surface area contributed by atoms with E-state index in [1.807, 2.05) is 19.1 Å². The van der Waals surface area contributed by atoms with Crippen molar-refractivity contribution in [2.75, 3.05) is 5.32 Å². The molecule has 3 unspecified atom stereocenters. The van der Waals surface area contributed by atoms with Crippen LogP contribution < -0.4 is 5.32 Å². The Balaban J connectivity index is 1.64. The number of aryl methyl sites for hydroxylation is 1. The van der Waals surface area contributed by atoms with Crippen molar-refractivity contribution in [3.63, 3.8) is 0 Å². The second-order valence-electron chi connectivity index (χ2n) is 9.03. The number of ether oxygens (including phenoxy) is 1. The smallest absolute Gasteiger partial charge is 0.311 e. The SMILES string of the molecule is CCc1ccc(NC(=O)C2C(c3ccc(Cl)c(Cl)c3)OC3(C(=O)c4ccccc4C3=O)C2C(=O)O)cc1. The second kappa shape index (κ2) is 9.41. The Hall–Kier alpha value is -3.52. The van der Waals surface area contributed by atoms with E-state index in [2.05, 4.69) is 5.32 Å². The lowest BCUT2D eigenvalue weighted by Crippen LogP contribution is -2.52. The highest BCUT2D eigenvalue weighted by atomic mass is 35.5. The molecule has 37 heavy (non-hydrogen) atoms. The van der Waals surface area contributed by atoms with Gasteiger partial charge in [0.25, 0.3) is 0 Å². The normalized spacial score (nSPS) is 21.8. The summed E-state index contributed by atoms with van der Waals surface area (Å²) in [6.07, 6.45) is -0.466. The first-order valence-electron chi connectivity index (χ1n) is 11.6. The predicted octanol–water partition coefficient (Wildman–Crippen LogP) is 5.40. The number of hydrogen-bond donors (Lipinski definition) is 2. The molecule has 1 amide bonds. The summed E-state index contributed by atoms with van der Waals surface area (Å²) in [4.78, 5) is 53.8. The van der Waals surface area contributed by atoms with E-state index in [9.17, 15) is 24.3 Å². The van der Waals surface area contributed by atoms with E-state index in [1.54, 1.807) is 24.3 Å². The van der Waals surface area contributed by atoms with Gasteiger partial charge in [-0.05, 0) is 41.8 Å². The van der Waals surface area contributed by atoms with Crippen molar-refractivity contribution in [3.8, 4) is 0 Å². The molecular formula is C28H21Cl2NO6. The number of hydrogen-bond acceptors (Lipinski definition) is 5. The summed E-state index contributed by atoms with van der Waals surface area (Å²) in [7, 11) is 0. The van der Waals surface area contributed by atoms with Gasteiger partial charge in [0.2, 0.25) is 23.1 Å². The van der Waals surface area contributed by atoms with Crippen LogP contribution in [0.15, 0.2) is 66.7 Å². The fourth-order valence-corrected chi connectivity index (χ4v) is 5.48. The van der Waals surface area contributed by atoms with E-state index >= 15 is 0 Å². The zero-order valence-corrected chi connectivity index (χ0v) is 21.0. The van der Waals surface area contributed by atoms with Crippen LogP contribution in [-0.4, -0.2) is 34.2 Å². The maximum absolute atomic E-state index is 13.7. The molecule has 5 rings (SSSR count). The van der Waals surface area contributed by atoms with Crippen molar-refractivity contribution in [3.05, 3.63) is 99.0 Å². The number of nitrogens with one attached hydrogen (secondary N) is 1. The van der Waals surface area contributed by atoms with Gasteiger partial charge in [-0.25, -0.2) is 0 Å². The van der Waals surface area contributed by atoms with Gasteiger partial charge in [-0.1, -0.05) is 72.6 Å². The first-order chi connectivity index (χ1) is 17.7. The van der Waals surface area contributed by atoms with Gasteiger partial charge in [-0.2, -0.15) is 0 Å². The lowest BCUT2D eigenvalue weighted by molar-refractivity contribution is -0.147. The number of benzene rings is 3. The number of carbonyl (C=O) groups excluding carboxylic acids is 3. The highest BCUT2D eigenvalue weighted by Gasteiger charge is 2.71. The zero-order chi connectivity index (χ0) is 26.5. The Morgan fingerprint density at radius 3 is 2.11 bits per heavy atom. The van der Waals surface area contributed by atoms with Crippen molar-refractivity contribution < 1.29 is 29.0 Å². The molecule has 0 saturated carbocycles. The van der Waals surface area contributed by atoms with Gasteiger partial charge in [0.15, 0.2) is 0 Å². The summed E-state index contributed by atoms with van der Waals surface area (Å²) >= 11 is 12.3. The molecule has 188 valence electrons. The summed E-state index contributed by atoms with van der Waals surface area (Å²) in [5.41, 5.74) is -0.479. The van der Waals surface area contributed by atoms with Crippen LogP contribution in [-0.2, 0) is 20.7 Å². The Bertz CT molecular complexity index is 1420. The molecule has 2 aliphatic rings. The molecule has 0 aromatic heterocycles. The van der Waals surface area contributed by atoms with Crippen molar-refractivity contribution in [2.24, 2.45) is 11.8 Å². The molecule has 3 aromatic rings. The number of aliphatic carboxylic acids is 1. The van der Waals surface area contributed by atoms with Gasteiger partial charge in [0.05, 0.1) is 22.1 Å². The number of amides is 1. The molecule has 2 N–H and O–H groups in total. The molecule has 9 heteroatoms. The summed E-state index contributed by atoms with van der Waals surface area (Å²) in [5.74, 6) is -7.02. The highest BCUT2D eigenvalue weighted by Crippen LogP contribution is 2.54. The molecule has 3 aromatic carbocycles. The minimum atomic E-state index is -2.40. The summed E-state index contributed by atoms with van der Waals surface area (Å²) < 4.78 is 6.14. The van der Waals surface area contributed by atoms with E-state index < -0.39 is 47.0 Å². The largest absolute Gasteiger partial charge is 0.481 e. The number of ketones is 2. The molecule has 7 nitrogen and oxygen atoms in total. The third-order valence-electron chi connectivity index (χ3n) is 7.00. The second-order valence-corrected chi connectivity index (χ2v) is 9.85. The van der Waals surface area contributed by atoms with Crippen LogP contribution >= 0.6 is 23.2 Å². The maximum Gasteiger partial charge on any atom is 0.311 e. The standard InChI is InChI=1S/C28H21Cl2NO6/c1-2-14-7-10-16(11-8-14)31-26(34)21-22(27(35)36)28(24(32)17-5-3-4-6-18(17)25(28)33)37-23(21)15-9-12-19(29)20(30)13-15/h3-13,21-23H,2H2,1H3,(H,31,34)(H,35,36). The first-order valence-corrected chi connectivity index (χ1v) is 12.4. The van der Waals surface area contributed by atoms with Crippen molar-refractivity contribution in [1.29, 1.82) is 0 Å². The lowest BCUT2D eigenvalue weighted by atomic mass is 9.75. The Morgan fingerprint density at radius 2 is 1.57 bits per heavy atom. The highest BCUT2D eigenvalue weighted by molar-refractivity contribution is 6.42. The van der Waals surface area contributed by atoms with Crippen LogP contribution in [0.3, 0.4) is 0 Å². The molecule has 0 bridgehead atoms. The minimum absolute atomic E-state index is 0.0582. The number of fused-ring (bicyclic) bond motifs is 1. The van der Waals surface area contributed by atoms with Crippen LogP contribution in [0, 0.1) is 11.8 Å². The third kappa shape index (κ3) is 3.94. The maximum atomic E-state index is 13.7. The monoisotopic (exact) mass is 537 g/mol. The third-order valence-corrected chi connectivity index (χ3v) is 7.74. The summed E-state index contributed by atoms with van der Waals surface area (Å²) in [6.45, 7) is 2.00. The Morgan fingerprint density at radius 1 is 0.946 bits per heavy atom. The van der Waals surface area contributed by atoms with Gasteiger partial charge in [0.1, 0.15) is 5.92 Å².